The van der Waals surface area contributed by atoms with Gasteiger partial charge in [0.1, 0.15) is 0 Å². The Kier molecular flexibility index (Phi) is 3.92. The van der Waals surface area contributed by atoms with Gasteiger partial charge in [-0.25, -0.2) is 0 Å². The van der Waals surface area contributed by atoms with Crippen molar-refractivity contribution >= 4 is 17.7 Å². The van der Waals surface area contributed by atoms with E-state index in [4.69, 9.17) is 0 Å². The minimum absolute atomic E-state index is 0.0397. The predicted molar refractivity (Wildman–Crippen MR) is 102 cm³/mol. The van der Waals surface area contributed by atoms with Crippen LogP contribution in [0, 0.1) is 11.8 Å². The summed E-state index contributed by atoms with van der Waals surface area (Å²) in [5.41, 5.74) is 0.0284. The second-order valence-corrected chi connectivity index (χ2v) is 9.42. The fourth-order valence-electron chi connectivity index (χ4n) is 6.56. The van der Waals surface area contributed by atoms with Crippen molar-refractivity contribution in [3.8, 4) is 0 Å². The summed E-state index contributed by atoms with van der Waals surface area (Å²) in [5, 5.41) is 14.0. The number of amides is 3. The number of hydrogen-bond donors (Lipinski definition) is 2. The molecule has 0 saturated heterocycles. The lowest BCUT2D eigenvalue weighted by molar-refractivity contribution is -0.150. The van der Waals surface area contributed by atoms with Crippen molar-refractivity contribution in [2.75, 3.05) is 6.54 Å². The summed E-state index contributed by atoms with van der Waals surface area (Å²) in [7, 11) is 0. The van der Waals surface area contributed by atoms with Gasteiger partial charge in [0, 0.05) is 18.5 Å². The summed E-state index contributed by atoms with van der Waals surface area (Å²) >= 11 is 0. The number of imide groups is 1. The molecule has 0 radical (unpaired) electrons. The zero-order chi connectivity index (χ0) is 19.5. The lowest BCUT2D eigenvalue weighted by Gasteiger charge is -2.60. The minimum Gasteiger partial charge on any atom is -0.390 e. The maximum Gasteiger partial charge on any atom is 0.261 e. The fraction of sp³-hybridized carbons (Fsp3) is 0.591. The van der Waals surface area contributed by atoms with Gasteiger partial charge in [-0.1, -0.05) is 12.1 Å². The first kappa shape index (κ1) is 17.9. The highest BCUT2D eigenvalue weighted by molar-refractivity contribution is 6.21. The van der Waals surface area contributed by atoms with E-state index in [9.17, 15) is 19.5 Å². The number of aliphatic hydroxyl groups is 1. The van der Waals surface area contributed by atoms with Crippen molar-refractivity contribution < 1.29 is 19.5 Å². The number of benzene rings is 1. The van der Waals surface area contributed by atoms with Gasteiger partial charge in [0.15, 0.2) is 0 Å². The highest BCUT2D eigenvalue weighted by atomic mass is 16.3. The van der Waals surface area contributed by atoms with E-state index in [0.29, 0.717) is 35.8 Å². The van der Waals surface area contributed by atoms with Gasteiger partial charge in [-0.15, -0.1) is 0 Å². The molecule has 2 atom stereocenters. The average Bonchev–Trinajstić information content (AvgIpc) is 2.84. The van der Waals surface area contributed by atoms with E-state index in [0.717, 1.165) is 25.7 Å². The summed E-state index contributed by atoms with van der Waals surface area (Å²) in [4.78, 5) is 38.6. The maximum atomic E-state index is 12.6. The first-order chi connectivity index (χ1) is 13.4. The van der Waals surface area contributed by atoms with Gasteiger partial charge in [-0.2, -0.15) is 0 Å². The highest BCUT2D eigenvalue weighted by Crippen LogP contribution is 2.57. The molecule has 1 heterocycles. The molecule has 6 heteroatoms. The number of carbonyl (C=O) groups excluding carboxylic acids is 3. The van der Waals surface area contributed by atoms with Crippen molar-refractivity contribution in [2.24, 2.45) is 11.8 Å². The smallest absolute Gasteiger partial charge is 0.261 e. The molecule has 6 nitrogen and oxygen atoms in total. The molecule has 1 aliphatic heterocycles. The van der Waals surface area contributed by atoms with Crippen LogP contribution in [0.5, 0.6) is 0 Å². The largest absolute Gasteiger partial charge is 0.390 e. The van der Waals surface area contributed by atoms with Gasteiger partial charge >= 0.3 is 0 Å². The maximum absolute atomic E-state index is 12.6. The Bertz CT molecular complexity index is 815. The summed E-state index contributed by atoms with van der Waals surface area (Å²) < 4.78 is 0. The number of rotatable bonds is 5. The predicted octanol–water partition coefficient (Wildman–Crippen LogP) is 2.26. The molecule has 5 aliphatic rings. The van der Waals surface area contributed by atoms with Gasteiger partial charge in [-0.05, 0) is 68.9 Å². The van der Waals surface area contributed by atoms with E-state index in [1.807, 2.05) is 0 Å². The lowest BCUT2D eigenvalue weighted by Crippen LogP contribution is -2.65. The lowest BCUT2D eigenvalue weighted by atomic mass is 9.51. The van der Waals surface area contributed by atoms with E-state index < -0.39 is 5.60 Å². The zero-order valence-electron chi connectivity index (χ0n) is 15.9. The molecule has 4 fully saturated rings. The van der Waals surface area contributed by atoms with Gasteiger partial charge in [0.2, 0.25) is 5.91 Å². The molecule has 0 aromatic heterocycles. The second-order valence-electron chi connectivity index (χ2n) is 9.42. The monoisotopic (exact) mass is 382 g/mol. The van der Waals surface area contributed by atoms with Crippen LogP contribution in [0.4, 0.5) is 0 Å². The van der Waals surface area contributed by atoms with Crippen LogP contribution in [0.25, 0.3) is 0 Å². The molecule has 28 heavy (non-hydrogen) atoms. The quantitative estimate of drug-likeness (QED) is 0.765. The van der Waals surface area contributed by atoms with Crippen LogP contribution in [0.3, 0.4) is 0 Å². The molecular weight excluding hydrogens is 356 g/mol. The normalized spacial score (nSPS) is 35.4. The Labute approximate surface area is 164 Å². The standard InChI is InChI=1S/C22H26N2O4/c25-18(23-21-9-14-8-15(10-21)12-22(28,11-14)13-21)6-3-7-24-19(26)16-4-1-2-5-17(16)20(24)27/h1-2,4-5,14-15,28H,3,6-13H2,(H,23,25). The van der Waals surface area contributed by atoms with Crippen molar-refractivity contribution in [1.82, 2.24) is 10.2 Å². The van der Waals surface area contributed by atoms with Crippen LogP contribution in [0.2, 0.25) is 0 Å². The first-order valence-corrected chi connectivity index (χ1v) is 10.4. The molecule has 6 rings (SSSR count). The van der Waals surface area contributed by atoms with E-state index >= 15 is 0 Å². The Hall–Kier alpha value is -2.21. The Morgan fingerprint density at radius 3 is 2.25 bits per heavy atom. The Morgan fingerprint density at radius 2 is 1.68 bits per heavy atom. The van der Waals surface area contributed by atoms with Crippen LogP contribution < -0.4 is 5.32 Å². The van der Waals surface area contributed by atoms with Crippen molar-refractivity contribution in [1.29, 1.82) is 0 Å². The molecular formula is C22H26N2O4. The Morgan fingerprint density at radius 1 is 1.07 bits per heavy atom. The van der Waals surface area contributed by atoms with Crippen LogP contribution in [0.15, 0.2) is 24.3 Å². The molecule has 4 aliphatic carbocycles. The second kappa shape index (κ2) is 6.14. The van der Waals surface area contributed by atoms with Crippen molar-refractivity contribution in [3.05, 3.63) is 35.4 Å². The van der Waals surface area contributed by atoms with E-state index in [-0.39, 0.29) is 36.2 Å². The number of hydrogen-bond acceptors (Lipinski definition) is 4. The van der Waals surface area contributed by atoms with E-state index in [1.54, 1.807) is 24.3 Å². The SMILES string of the molecule is O=C(CCCN1C(=O)c2ccccc2C1=O)NC12CC3CC(CC(O)(C3)C1)C2. The van der Waals surface area contributed by atoms with Crippen LogP contribution >= 0.6 is 0 Å². The average molecular weight is 382 g/mol. The first-order valence-electron chi connectivity index (χ1n) is 10.4. The van der Waals surface area contributed by atoms with Gasteiger partial charge in [-0.3, -0.25) is 19.3 Å². The molecule has 2 N–H and O–H groups in total. The molecule has 0 spiro atoms. The highest BCUT2D eigenvalue weighted by Gasteiger charge is 2.57. The molecule has 4 saturated carbocycles. The fourth-order valence-corrected chi connectivity index (χ4v) is 6.56. The third kappa shape index (κ3) is 2.85. The third-order valence-corrected chi connectivity index (χ3v) is 7.10. The number of carbonyl (C=O) groups is 3. The molecule has 1 aromatic rings. The van der Waals surface area contributed by atoms with Gasteiger partial charge < -0.3 is 10.4 Å². The zero-order valence-corrected chi connectivity index (χ0v) is 15.9. The number of nitrogens with one attached hydrogen (secondary N) is 1. The van der Waals surface area contributed by atoms with Gasteiger partial charge in [0.25, 0.3) is 11.8 Å². The van der Waals surface area contributed by atoms with Gasteiger partial charge in [0.05, 0.1) is 16.7 Å². The summed E-state index contributed by atoms with van der Waals surface area (Å²) in [6.07, 6.45) is 6.26. The molecule has 1 aromatic carbocycles. The summed E-state index contributed by atoms with van der Waals surface area (Å²) in [6.45, 7) is 0.252. The van der Waals surface area contributed by atoms with E-state index in [2.05, 4.69) is 5.32 Å². The summed E-state index contributed by atoms with van der Waals surface area (Å²) in [5.74, 6) is 0.450. The number of nitrogens with zero attached hydrogens (tertiary/aromatic N) is 1. The van der Waals surface area contributed by atoms with Crippen molar-refractivity contribution in [2.45, 2.75) is 62.5 Å². The molecule has 4 bridgehead atoms. The topological polar surface area (TPSA) is 86.7 Å². The minimum atomic E-state index is -0.600. The van der Waals surface area contributed by atoms with Crippen LogP contribution in [0.1, 0.15) is 72.1 Å². The third-order valence-electron chi connectivity index (χ3n) is 7.10. The van der Waals surface area contributed by atoms with Crippen molar-refractivity contribution in [3.63, 3.8) is 0 Å². The molecule has 148 valence electrons. The van der Waals surface area contributed by atoms with Crippen LogP contribution in [-0.4, -0.2) is 45.4 Å². The Balaban J connectivity index is 1.17. The summed E-state index contributed by atoms with van der Waals surface area (Å²) in [6, 6.07) is 6.83. The van der Waals surface area contributed by atoms with Crippen LogP contribution in [-0.2, 0) is 4.79 Å². The molecule has 2 unspecified atom stereocenters. The molecule has 3 amide bonds. The van der Waals surface area contributed by atoms with E-state index in [1.165, 1.54) is 11.3 Å². The number of fused-ring (bicyclic) bond motifs is 1.